The minimum absolute atomic E-state index is 0. The molecule has 0 aliphatic heterocycles. The van der Waals surface area contributed by atoms with Gasteiger partial charge in [-0.25, -0.2) is 0 Å². The van der Waals surface area contributed by atoms with Crippen molar-refractivity contribution < 1.29 is 49.4 Å². The Bertz CT molecular complexity index is 86.0. The predicted molar refractivity (Wildman–Crippen MR) is 30.9 cm³/mol. The molecule has 1 N–H and O–H groups in total. The van der Waals surface area contributed by atoms with Crippen molar-refractivity contribution in [2.75, 3.05) is 12.3 Å². The van der Waals surface area contributed by atoms with E-state index in [0.29, 0.717) is 12.3 Å². The van der Waals surface area contributed by atoms with Crippen molar-refractivity contribution in [2.24, 2.45) is 0 Å². The van der Waals surface area contributed by atoms with Gasteiger partial charge in [0.1, 0.15) is 0 Å². The summed E-state index contributed by atoms with van der Waals surface area (Å²) in [4.78, 5) is 8.69. The van der Waals surface area contributed by atoms with E-state index in [-0.39, 0.29) is 39.9 Å². The van der Waals surface area contributed by atoms with Gasteiger partial charge in [-0.15, -0.1) is 0 Å². The average molecular weight is 279 g/mol. The van der Waals surface area contributed by atoms with Gasteiger partial charge in [0.25, 0.3) is 0 Å². The van der Waals surface area contributed by atoms with E-state index in [9.17, 15) is 4.57 Å². The van der Waals surface area contributed by atoms with Crippen LogP contribution < -0.4 is 0 Å². The van der Waals surface area contributed by atoms with Crippen LogP contribution in [0.1, 0.15) is 13.8 Å². The molecule has 0 saturated carbocycles. The van der Waals surface area contributed by atoms with E-state index in [4.69, 9.17) is 4.89 Å². The molecule has 0 unspecified atom stereocenters. The van der Waals surface area contributed by atoms with Crippen LogP contribution in [-0.4, -0.2) is 17.2 Å². The van der Waals surface area contributed by atoms with Gasteiger partial charge in [-0.2, -0.15) is 0 Å². The Balaban J connectivity index is 0. The van der Waals surface area contributed by atoms with Crippen LogP contribution in [0.2, 0.25) is 0 Å². The molecule has 0 aromatic carbocycles. The molecule has 0 aromatic rings. The first-order valence-electron chi connectivity index (χ1n) is 2.43. The summed E-state index contributed by atoms with van der Waals surface area (Å²) in [5.41, 5.74) is 0. The largest absolute Gasteiger partial charge is 0.344 e. The first-order valence-corrected chi connectivity index (χ1v) is 4.46. The van der Waals surface area contributed by atoms with Crippen LogP contribution in [0, 0.1) is 39.9 Å². The molecule has 0 spiro atoms. The third kappa shape index (κ3) is 5.65. The molecule has 0 rings (SSSR count). The van der Waals surface area contributed by atoms with Crippen molar-refractivity contribution in [2.45, 2.75) is 13.8 Å². The molecule has 0 atom stereocenters. The van der Waals surface area contributed by atoms with Crippen LogP contribution in [0.3, 0.4) is 0 Å². The zero-order valence-electron chi connectivity index (χ0n) is 5.07. The summed E-state index contributed by atoms with van der Waals surface area (Å²) in [6.07, 6.45) is 0.812. The number of rotatable bonds is 2. The third-order valence-corrected chi connectivity index (χ3v) is 2.96. The molecular weight excluding hydrogens is 268 g/mol. The Morgan fingerprint density at radius 1 is 1.38 bits per heavy atom. The minimum atomic E-state index is -2.65. The van der Waals surface area contributed by atoms with Gasteiger partial charge in [-0.05, 0) is 0 Å². The quantitative estimate of drug-likeness (QED) is 0.774. The topological polar surface area (TPSA) is 37.3 Å². The van der Waals surface area contributed by atoms with E-state index >= 15 is 0 Å². The Morgan fingerprint density at radius 3 is 1.62 bits per heavy atom. The van der Waals surface area contributed by atoms with Crippen molar-refractivity contribution in [3.8, 4) is 0 Å². The number of hydrogen-bond acceptors (Lipinski definition) is 1. The van der Waals surface area contributed by atoms with Gasteiger partial charge in [0, 0.05) is 52.3 Å². The maximum Gasteiger partial charge on any atom is 0.200 e. The monoisotopic (exact) mass is 280 g/mol. The molecule has 0 aromatic heterocycles. The predicted octanol–water partition coefficient (Wildman–Crippen LogP) is 1.30. The van der Waals surface area contributed by atoms with E-state index in [0.717, 1.165) is 0 Å². The smallest absolute Gasteiger partial charge is 0.200 e. The Hall–Kier alpha value is 1.51. The summed E-state index contributed by atoms with van der Waals surface area (Å²) in [5, 5.41) is 0. The van der Waals surface area contributed by atoms with Crippen LogP contribution in [-0.2, 0) is 4.57 Å². The van der Waals surface area contributed by atoms with Crippen molar-refractivity contribution in [3.05, 3.63) is 0 Å². The van der Waals surface area contributed by atoms with E-state index in [1.807, 2.05) is 0 Å². The summed E-state index contributed by atoms with van der Waals surface area (Å²) >= 11 is 0. The molecule has 0 aliphatic rings. The van der Waals surface area contributed by atoms with Crippen LogP contribution >= 0.6 is 7.37 Å². The second kappa shape index (κ2) is 5.31. The van der Waals surface area contributed by atoms with Gasteiger partial charge in [0.15, 0.2) is 7.37 Å². The van der Waals surface area contributed by atoms with E-state index in [2.05, 4.69) is 0 Å². The molecule has 0 saturated heterocycles. The minimum Gasteiger partial charge on any atom is -0.344 e. The fourth-order valence-electron chi connectivity index (χ4n) is 0.224. The summed E-state index contributed by atoms with van der Waals surface area (Å²) in [6.45, 7) is 3.45. The molecular formula is C4H11GdO2P. The summed E-state index contributed by atoms with van der Waals surface area (Å²) in [6, 6.07) is 0. The van der Waals surface area contributed by atoms with E-state index in [1.54, 1.807) is 13.8 Å². The zero-order chi connectivity index (χ0) is 5.91. The molecule has 4 heteroatoms. The molecule has 0 aliphatic carbocycles. The fraction of sp³-hybridized carbons (Fsp3) is 1.00. The normalized spacial score (nSPS) is 10.4. The third-order valence-electron chi connectivity index (χ3n) is 0.988. The maximum absolute atomic E-state index is 10.5. The fourth-order valence-corrected chi connectivity index (χ4v) is 0.671. The summed E-state index contributed by atoms with van der Waals surface area (Å²) < 4.78 is 10.5. The average Bonchev–Trinajstić information content (AvgIpc) is 1.68. The van der Waals surface area contributed by atoms with Crippen LogP contribution in [0.25, 0.3) is 0 Å². The van der Waals surface area contributed by atoms with Crippen molar-refractivity contribution in [1.82, 2.24) is 0 Å². The first-order chi connectivity index (χ1) is 3.12. The van der Waals surface area contributed by atoms with Crippen LogP contribution in [0.15, 0.2) is 0 Å². The van der Waals surface area contributed by atoms with Crippen LogP contribution in [0.5, 0.6) is 0 Å². The zero-order valence-corrected chi connectivity index (χ0v) is 8.23. The van der Waals surface area contributed by atoms with Crippen molar-refractivity contribution in [3.63, 3.8) is 0 Å². The first kappa shape index (κ1) is 12.2. The van der Waals surface area contributed by atoms with Gasteiger partial charge in [-0.3, -0.25) is 4.57 Å². The van der Waals surface area contributed by atoms with E-state index in [1.165, 1.54) is 0 Å². The van der Waals surface area contributed by atoms with Crippen molar-refractivity contribution >= 4 is 7.37 Å². The second-order valence-electron chi connectivity index (χ2n) is 1.48. The molecule has 0 radical (unpaired) electrons. The standard InChI is InChI=1S/C4H11O2P.Gd/c1-3-7(5,6)4-2;/h3-4H2,1-2H3,(H,5,6);. The molecule has 0 amide bonds. The van der Waals surface area contributed by atoms with Crippen LogP contribution in [0.4, 0.5) is 0 Å². The SMILES string of the molecule is CCP(=O)(O)CC.[Gd]. The Kier molecular flexibility index (Phi) is 8.11. The van der Waals surface area contributed by atoms with E-state index < -0.39 is 7.37 Å². The molecule has 0 heterocycles. The summed E-state index contributed by atoms with van der Waals surface area (Å²) in [7, 11) is -2.65. The Labute approximate surface area is 82.2 Å². The molecule has 0 bridgehead atoms. The Morgan fingerprint density at radius 2 is 1.62 bits per heavy atom. The van der Waals surface area contributed by atoms with Gasteiger partial charge in [-0.1, -0.05) is 13.8 Å². The second-order valence-corrected chi connectivity index (χ2v) is 4.44. The van der Waals surface area contributed by atoms with Gasteiger partial charge in [0.2, 0.25) is 0 Å². The van der Waals surface area contributed by atoms with Gasteiger partial charge < -0.3 is 4.89 Å². The molecule has 8 heavy (non-hydrogen) atoms. The van der Waals surface area contributed by atoms with Gasteiger partial charge in [0.05, 0.1) is 0 Å². The van der Waals surface area contributed by atoms with Gasteiger partial charge >= 0.3 is 0 Å². The summed E-state index contributed by atoms with van der Waals surface area (Å²) in [5.74, 6) is 0. The number of hydrogen-bond donors (Lipinski definition) is 1. The molecule has 2 nitrogen and oxygen atoms in total. The molecule has 0 fully saturated rings. The molecule has 52 valence electrons. The maximum atomic E-state index is 10.5. The van der Waals surface area contributed by atoms with Crippen molar-refractivity contribution in [1.29, 1.82) is 0 Å².